The summed E-state index contributed by atoms with van der Waals surface area (Å²) in [5.41, 5.74) is 0.900. The Morgan fingerprint density at radius 3 is 2.72 bits per heavy atom. The van der Waals surface area contributed by atoms with Gasteiger partial charge < -0.3 is 4.74 Å². The van der Waals surface area contributed by atoms with Crippen molar-refractivity contribution in [1.29, 1.82) is 0 Å². The van der Waals surface area contributed by atoms with Crippen molar-refractivity contribution in [3.8, 4) is 0 Å². The summed E-state index contributed by atoms with van der Waals surface area (Å²) in [4.78, 5) is 16.2. The molecule has 1 atom stereocenters. The highest BCUT2D eigenvalue weighted by molar-refractivity contribution is 6.30. The van der Waals surface area contributed by atoms with Crippen molar-refractivity contribution >= 4 is 11.7 Å². The molecule has 2 rings (SSSR count). The summed E-state index contributed by atoms with van der Waals surface area (Å²) < 4.78 is 4.86. The van der Waals surface area contributed by atoms with Crippen molar-refractivity contribution in [2.75, 3.05) is 7.11 Å². The minimum atomic E-state index is -0.870. The second-order valence-electron chi connectivity index (χ2n) is 4.28. The van der Waals surface area contributed by atoms with Gasteiger partial charge in [-0.3, -0.25) is 4.99 Å². The first kappa shape index (κ1) is 12.6. The van der Waals surface area contributed by atoms with E-state index in [4.69, 9.17) is 4.74 Å². The van der Waals surface area contributed by atoms with Gasteiger partial charge in [-0.25, -0.2) is 4.79 Å². The summed E-state index contributed by atoms with van der Waals surface area (Å²) in [5.74, 6) is -0.311. The average molecular weight is 243 g/mol. The van der Waals surface area contributed by atoms with E-state index >= 15 is 0 Å². The number of carbonyl (C=O) groups excluding carboxylic acids is 1. The fourth-order valence-electron chi connectivity index (χ4n) is 1.93. The summed E-state index contributed by atoms with van der Waals surface area (Å²) in [6.45, 7) is 2.10. The maximum atomic E-state index is 11.9. The maximum absolute atomic E-state index is 11.9. The molecule has 1 aliphatic heterocycles. The van der Waals surface area contributed by atoms with Crippen LogP contribution < -0.4 is 0 Å². The van der Waals surface area contributed by atoms with E-state index in [2.05, 4.69) is 11.9 Å². The van der Waals surface area contributed by atoms with Crippen LogP contribution in [0.15, 0.2) is 47.5 Å². The average Bonchev–Trinajstić information content (AvgIpc) is 3.15. The lowest BCUT2D eigenvalue weighted by Crippen LogP contribution is -2.29. The molecule has 1 aromatic carbocycles. The van der Waals surface area contributed by atoms with E-state index in [0.717, 1.165) is 24.1 Å². The second kappa shape index (κ2) is 5.17. The van der Waals surface area contributed by atoms with E-state index in [0.29, 0.717) is 0 Å². The Labute approximate surface area is 107 Å². The number of carbonyl (C=O) groups is 1. The highest BCUT2D eigenvalue weighted by atomic mass is 16.5. The molecule has 1 aromatic rings. The molecule has 0 amide bonds. The third kappa shape index (κ3) is 2.21. The van der Waals surface area contributed by atoms with E-state index in [1.54, 1.807) is 0 Å². The molecule has 0 saturated carbocycles. The van der Waals surface area contributed by atoms with Crippen LogP contribution in [0.5, 0.6) is 0 Å². The van der Waals surface area contributed by atoms with E-state index in [1.807, 2.05) is 42.5 Å². The van der Waals surface area contributed by atoms with Crippen molar-refractivity contribution in [3.63, 3.8) is 0 Å². The fraction of sp³-hybridized carbons (Fsp3) is 0.333. The third-order valence-electron chi connectivity index (χ3n) is 2.96. The van der Waals surface area contributed by atoms with Crippen LogP contribution in [-0.2, 0) is 9.53 Å². The number of nitrogens with zero attached hydrogens (tertiary/aromatic N) is 1. The second-order valence-corrected chi connectivity index (χ2v) is 4.28. The van der Waals surface area contributed by atoms with Gasteiger partial charge in [0.2, 0.25) is 5.54 Å². The molecule has 1 aliphatic rings. The minimum absolute atomic E-state index is 0.311. The normalized spacial score (nSPS) is 21.8. The molecule has 0 spiro atoms. The molecule has 1 heterocycles. The molecule has 3 nitrogen and oxygen atoms in total. The van der Waals surface area contributed by atoms with Gasteiger partial charge in [0.15, 0.2) is 0 Å². The first-order valence-electron chi connectivity index (χ1n) is 6.16. The largest absolute Gasteiger partial charge is 0.467 e. The first-order chi connectivity index (χ1) is 8.74. The molecule has 3 heteroatoms. The van der Waals surface area contributed by atoms with Crippen LogP contribution in [0.4, 0.5) is 0 Å². The van der Waals surface area contributed by atoms with Crippen LogP contribution in [-0.4, -0.2) is 24.3 Å². The Morgan fingerprint density at radius 1 is 1.39 bits per heavy atom. The van der Waals surface area contributed by atoms with Crippen molar-refractivity contribution in [2.24, 2.45) is 4.99 Å². The van der Waals surface area contributed by atoms with Crippen LogP contribution in [0.25, 0.3) is 0 Å². The van der Waals surface area contributed by atoms with Gasteiger partial charge in [0.1, 0.15) is 0 Å². The molecular formula is C15H17NO2. The zero-order chi connectivity index (χ0) is 13.0. The Morgan fingerprint density at radius 2 is 2.11 bits per heavy atom. The Bertz CT molecular complexity index is 490. The number of methoxy groups -OCH3 is 1. The third-order valence-corrected chi connectivity index (χ3v) is 2.96. The molecule has 0 radical (unpaired) electrons. The predicted molar refractivity (Wildman–Crippen MR) is 71.8 cm³/mol. The molecular weight excluding hydrogens is 226 g/mol. The number of rotatable bonds is 5. The van der Waals surface area contributed by atoms with Crippen molar-refractivity contribution in [2.45, 2.75) is 25.3 Å². The van der Waals surface area contributed by atoms with Crippen LogP contribution in [0, 0.1) is 0 Å². The van der Waals surface area contributed by atoms with Gasteiger partial charge in [0.25, 0.3) is 0 Å². The van der Waals surface area contributed by atoms with E-state index in [-0.39, 0.29) is 5.97 Å². The van der Waals surface area contributed by atoms with Crippen LogP contribution in [0.1, 0.15) is 25.3 Å². The SMILES string of the molecule is CCC/C=C/C1(C(=O)OC)N=C1c1ccccc1. The van der Waals surface area contributed by atoms with E-state index in [9.17, 15) is 4.79 Å². The zero-order valence-electron chi connectivity index (χ0n) is 10.7. The highest BCUT2D eigenvalue weighted by Crippen LogP contribution is 2.35. The molecule has 0 aromatic heterocycles. The number of unbranched alkanes of at least 4 members (excludes halogenated alkanes) is 1. The molecule has 0 aliphatic carbocycles. The lowest BCUT2D eigenvalue weighted by molar-refractivity contribution is -0.141. The van der Waals surface area contributed by atoms with Gasteiger partial charge in [0.05, 0.1) is 12.8 Å². The summed E-state index contributed by atoms with van der Waals surface area (Å²) in [5, 5.41) is 0. The Kier molecular flexibility index (Phi) is 3.60. The summed E-state index contributed by atoms with van der Waals surface area (Å²) in [6.07, 6.45) is 5.84. The van der Waals surface area contributed by atoms with E-state index in [1.165, 1.54) is 7.11 Å². The molecule has 0 N–H and O–H groups in total. The number of hydrogen-bond acceptors (Lipinski definition) is 3. The number of ether oxygens (including phenoxy) is 1. The van der Waals surface area contributed by atoms with Gasteiger partial charge in [-0.1, -0.05) is 49.8 Å². The smallest absolute Gasteiger partial charge is 0.344 e. The standard InChI is InChI=1S/C15H17NO2/c1-3-4-8-11-15(14(17)18-2)13(16-15)12-9-6-5-7-10-12/h5-11H,3-4H2,1-2H3/b11-8+. The molecule has 94 valence electrons. The van der Waals surface area contributed by atoms with Gasteiger partial charge in [-0.15, -0.1) is 0 Å². The number of allylic oxidation sites excluding steroid dienone is 1. The molecule has 0 fully saturated rings. The monoisotopic (exact) mass is 243 g/mol. The molecule has 0 bridgehead atoms. The minimum Gasteiger partial charge on any atom is -0.467 e. The molecule has 0 saturated heterocycles. The van der Waals surface area contributed by atoms with Crippen LogP contribution >= 0.6 is 0 Å². The van der Waals surface area contributed by atoms with E-state index < -0.39 is 5.54 Å². The lowest BCUT2D eigenvalue weighted by Gasteiger charge is -2.08. The van der Waals surface area contributed by atoms with Crippen molar-refractivity contribution in [1.82, 2.24) is 0 Å². The first-order valence-corrected chi connectivity index (χ1v) is 6.16. The highest BCUT2D eigenvalue weighted by Gasteiger charge is 2.53. The van der Waals surface area contributed by atoms with Crippen molar-refractivity contribution in [3.05, 3.63) is 48.0 Å². The molecule has 18 heavy (non-hydrogen) atoms. The summed E-state index contributed by atoms with van der Waals surface area (Å²) >= 11 is 0. The quantitative estimate of drug-likeness (QED) is 0.589. The number of hydrogen-bond donors (Lipinski definition) is 0. The topological polar surface area (TPSA) is 38.7 Å². The van der Waals surface area contributed by atoms with Crippen LogP contribution in [0.3, 0.4) is 0 Å². The maximum Gasteiger partial charge on any atom is 0.344 e. The fourth-order valence-corrected chi connectivity index (χ4v) is 1.93. The number of aliphatic imine (C=N–C) groups is 1. The Balaban J connectivity index is 2.20. The van der Waals surface area contributed by atoms with Gasteiger partial charge in [0, 0.05) is 0 Å². The predicted octanol–water partition coefficient (Wildman–Crippen LogP) is 2.76. The van der Waals surface area contributed by atoms with Gasteiger partial charge in [-0.05, 0) is 18.1 Å². The zero-order valence-corrected chi connectivity index (χ0v) is 10.7. The summed E-state index contributed by atoms with van der Waals surface area (Å²) in [6, 6.07) is 9.73. The lowest BCUT2D eigenvalue weighted by atomic mass is 9.97. The Hall–Kier alpha value is -1.90. The number of esters is 1. The summed E-state index contributed by atoms with van der Waals surface area (Å²) in [7, 11) is 1.40. The van der Waals surface area contributed by atoms with Gasteiger partial charge in [-0.2, -0.15) is 0 Å². The number of benzene rings is 1. The van der Waals surface area contributed by atoms with Crippen LogP contribution in [0.2, 0.25) is 0 Å². The molecule has 1 unspecified atom stereocenters. The van der Waals surface area contributed by atoms with Gasteiger partial charge >= 0.3 is 5.97 Å². The van der Waals surface area contributed by atoms with Crippen molar-refractivity contribution < 1.29 is 9.53 Å².